The van der Waals surface area contributed by atoms with Crippen molar-refractivity contribution < 1.29 is 4.52 Å². The van der Waals surface area contributed by atoms with Gasteiger partial charge in [-0.25, -0.2) is 0 Å². The van der Waals surface area contributed by atoms with Crippen LogP contribution in [0.1, 0.15) is 0 Å². The van der Waals surface area contributed by atoms with Crippen LogP contribution in [-0.4, -0.2) is 19.3 Å². The summed E-state index contributed by atoms with van der Waals surface area (Å²) < 4.78 is 10.6. The van der Waals surface area contributed by atoms with Gasteiger partial charge < -0.3 is 23.5 Å². The number of para-hydroxylation sites is 6. The van der Waals surface area contributed by atoms with Crippen molar-refractivity contribution in [3.05, 3.63) is 279 Å². The Balaban J connectivity index is 0.967. The molecule has 0 spiro atoms. The van der Waals surface area contributed by atoms with E-state index in [1.807, 2.05) is 30.3 Å². The van der Waals surface area contributed by atoms with Crippen LogP contribution in [0, 0.1) is 0 Å². The Morgan fingerprint density at radius 1 is 0.280 bits per heavy atom. The zero-order valence-corrected chi connectivity index (χ0v) is 40.6. The number of hydrogen-bond donors (Lipinski definition) is 0. The SMILES string of the molecule is c1ccc(-c2nc(-c3ccc(-c4cc(-n5c6ccccc6c6cc(N(c7ccccc7)c7ccccc7)ccc65)cc(-n5c6ccccc6c6cc(N(c7ccccc7)c7ccccc7)ccc65)c4)cc3)no2)cc1. The Labute approximate surface area is 433 Å². The summed E-state index contributed by atoms with van der Waals surface area (Å²) in [6.45, 7) is 0. The topological polar surface area (TPSA) is 55.3 Å². The van der Waals surface area contributed by atoms with E-state index in [-0.39, 0.29) is 0 Å². The Bertz CT molecular complexity index is 4040. The van der Waals surface area contributed by atoms with Gasteiger partial charge in [0, 0.05) is 78.2 Å². The first-order valence-corrected chi connectivity index (χ1v) is 25.2. The molecular weight excluding hydrogens is 917 g/mol. The molecule has 0 aliphatic rings. The Kier molecular flexibility index (Phi) is 10.7. The summed E-state index contributed by atoms with van der Waals surface area (Å²) in [4.78, 5) is 9.44. The third-order valence-electron chi connectivity index (χ3n) is 14.2. The van der Waals surface area contributed by atoms with Crippen molar-refractivity contribution in [3.63, 3.8) is 0 Å². The molecule has 3 heterocycles. The molecule has 0 aliphatic carbocycles. The molecule has 0 amide bonds. The van der Waals surface area contributed by atoms with Gasteiger partial charge in [0.25, 0.3) is 5.89 Å². The fourth-order valence-electron chi connectivity index (χ4n) is 10.8. The van der Waals surface area contributed by atoms with Crippen molar-refractivity contribution in [2.24, 2.45) is 0 Å². The van der Waals surface area contributed by atoms with Gasteiger partial charge in [0.05, 0.1) is 22.1 Å². The second-order valence-corrected chi connectivity index (χ2v) is 18.7. The minimum absolute atomic E-state index is 0.490. The average molecular weight is 963 g/mol. The molecule has 0 fully saturated rings. The Hall–Kier alpha value is -10.2. The zero-order chi connectivity index (χ0) is 49.7. The lowest BCUT2D eigenvalue weighted by Crippen LogP contribution is -2.09. The smallest absolute Gasteiger partial charge is 0.258 e. The molecule has 0 aliphatic heterocycles. The molecule has 0 atom stereocenters. The summed E-state index contributed by atoms with van der Waals surface area (Å²) in [5.74, 6) is 1.03. The van der Waals surface area contributed by atoms with Gasteiger partial charge in [-0.3, -0.25) is 0 Å². The molecule has 14 rings (SSSR count). The predicted molar refractivity (Wildman–Crippen MR) is 309 cm³/mol. The highest BCUT2D eigenvalue weighted by atomic mass is 16.5. The maximum atomic E-state index is 5.73. The van der Waals surface area contributed by atoms with Crippen molar-refractivity contribution >= 4 is 77.7 Å². The van der Waals surface area contributed by atoms with E-state index in [1.165, 1.54) is 10.8 Å². The van der Waals surface area contributed by atoms with E-state index < -0.39 is 0 Å². The van der Waals surface area contributed by atoms with Crippen molar-refractivity contribution in [2.45, 2.75) is 0 Å². The first-order chi connectivity index (χ1) is 37.2. The van der Waals surface area contributed by atoms with E-state index in [9.17, 15) is 0 Å². The number of nitrogens with zero attached hydrogens (tertiary/aromatic N) is 6. The summed E-state index contributed by atoms with van der Waals surface area (Å²) in [6.07, 6.45) is 0. The minimum atomic E-state index is 0.490. The number of rotatable bonds is 11. The maximum absolute atomic E-state index is 5.73. The third kappa shape index (κ3) is 7.78. The summed E-state index contributed by atoms with van der Waals surface area (Å²) in [5, 5.41) is 9.06. The number of fused-ring (bicyclic) bond motifs is 6. The molecule has 7 heteroatoms. The molecule has 75 heavy (non-hydrogen) atoms. The highest BCUT2D eigenvalue weighted by Gasteiger charge is 2.22. The van der Waals surface area contributed by atoms with E-state index in [2.05, 4.69) is 273 Å². The number of hydrogen-bond acceptors (Lipinski definition) is 5. The molecule has 14 aromatic rings. The highest BCUT2D eigenvalue weighted by molar-refractivity contribution is 6.12. The van der Waals surface area contributed by atoms with E-state index in [0.29, 0.717) is 11.7 Å². The number of aromatic nitrogens is 4. The highest BCUT2D eigenvalue weighted by Crippen LogP contribution is 2.43. The fraction of sp³-hybridized carbons (Fsp3) is 0. The van der Waals surface area contributed by atoms with Crippen molar-refractivity contribution in [1.29, 1.82) is 0 Å². The van der Waals surface area contributed by atoms with E-state index >= 15 is 0 Å². The van der Waals surface area contributed by atoms with Crippen molar-refractivity contribution in [2.75, 3.05) is 9.80 Å². The summed E-state index contributed by atoms with van der Waals surface area (Å²) in [7, 11) is 0. The fourth-order valence-corrected chi connectivity index (χ4v) is 10.8. The first-order valence-electron chi connectivity index (χ1n) is 25.2. The van der Waals surface area contributed by atoms with Crippen LogP contribution in [0.2, 0.25) is 0 Å². The second-order valence-electron chi connectivity index (χ2n) is 18.7. The second kappa shape index (κ2) is 18.4. The maximum Gasteiger partial charge on any atom is 0.258 e. The van der Waals surface area contributed by atoms with Gasteiger partial charge >= 0.3 is 0 Å². The van der Waals surface area contributed by atoms with Crippen LogP contribution in [-0.2, 0) is 0 Å². The van der Waals surface area contributed by atoms with E-state index in [4.69, 9.17) is 9.51 Å². The molecule has 3 aromatic heterocycles. The van der Waals surface area contributed by atoms with Gasteiger partial charge in [0.1, 0.15) is 0 Å². The third-order valence-corrected chi connectivity index (χ3v) is 14.2. The molecule has 354 valence electrons. The largest absolute Gasteiger partial charge is 0.334 e. The Morgan fingerprint density at radius 2 is 0.667 bits per heavy atom. The van der Waals surface area contributed by atoms with Crippen LogP contribution < -0.4 is 9.80 Å². The van der Waals surface area contributed by atoms with Gasteiger partial charge in [-0.05, 0) is 139 Å². The molecule has 0 unspecified atom stereocenters. The lowest BCUT2D eigenvalue weighted by atomic mass is 10.0. The summed E-state index contributed by atoms with van der Waals surface area (Å²) in [6, 6.07) is 99.1. The standard InChI is InChI=1S/C68H46N6O/c1-6-20-49(21-7-1)68-69-67(70-75-68)48-36-34-47(35-37-48)50-42-57(73-63-32-18-16-30-59(63)61-45-55(38-40-65(61)73)71(51-22-8-2-9-23-51)52-24-10-3-11-25-52)44-58(43-50)74-64-33-19-17-31-60(64)62-46-56(39-41-66(62)74)72(53-26-12-4-13-27-53)54-28-14-5-15-29-54/h1-46H. The van der Waals surface area contributed by atoms with Crippen LogP contribution in [0.4, 0.5) is 34.1 Å². The van der Waals surface area contributed by atoms with Gasteiger partial charge in [-0.15, -0.1) is 0 Å². The molecule has 7 nitrogen and oxygen atoms in total. The molecule has 0 radical (unpaired) electrons. The van der Waals surface area contributed by atoms with Gasteiger partial charge in [-0.2, -0.15) is 4.98 Å². The van der Waals surface area contributed by atoms with Crippen molar-refractivity contribution in [3.8, 4) is 45.3 Å². The molecular formula is C68H46N6O. The molecule has 11 aromatic carbocycles. The van der Waals surface area contributed by atoms with Crippen LogP contribution in [0.15, 0.2) is 284 Å². The van der Waals surface area contributed by atoms with Crippen LogP contribution in [0.25, 0.3) is 89.0 Å². The van der Waals surface area contributed by atoms with Crippen molar-refractivity contribution in [1.82, 2.24) is 19.3 Å². The normalized spacial score (nSPS) is 11.5. The van der Waals surface area contributed by atoms with Crippen LogP contribution in [0.3, 0.4) is 0 Å². The number of benzene rings is 11. The predicted octanol–water partition coefficient (Wildman–Crippen LogP) is 18.2. The van der Waals surface area contributed by atoms with Crippen LogP contribution >= 0.6 is 0 Å². The Morgan fingerprint density at radius 3 is 1.12 bits per heavy atom. The molecule has 0 N–H and O–H groups in total. The average Bonchev–Trinajstić information content (AvgIpc) is 4.21. The molecule has 0 saturated carbocycles. The summed E-state index contributed by atoms with van der Waals surface area (Å²) >= 11 is 0. The summed E-state index contributed by atoms with van der Waals surface area (Å²) in [5.41, 5.74) is 17.0. The van der Waals surface area contributed by atoms with E-state index in [1.54, 1.807) is 0 Å². The minimum Gasteiger partial charge on any atom is -0.334 e. The lowest BCUT2D eigenvalue weighted by Gasteiger charge is -2.25. The first kappa shape index (κ1) is 43.5. The zero-order valence-electron chi connectivity index (χ0n) is 40.6. The number of anilines is 6. The van der Waals surface area contributed by atoms with Gasteiger partial charge in [0.15, 0.2) is 0 Å². The molecule has 0 saturated heterocycles. The van der Waals surface area contributed by atoms with E-state index in [0.717, 1.165) is 101 Å². The molecule has 0 bridgehead atoms. The quantitative estimate of drug-likeness (QED) is 0.129. The lowest BCUT2D eigenvalue weighted by molar-refractivity contribution is 0.432. The van der Waals surface area contributed by atoms with Gasteiger partial charge in [0.2, 0.25) is 5.82 Å². The van der Waals surface area contributed by atoms with Gasteiger partial charge in [-0.1, -0.05) is 157 Å². The monoisotopic (exact) mass is 962 g/mol. The van der Waals surface area contributed by atoms with Crippen LogP contribution in [0.5, 0.6) is 0 Å².